The van der Waals surface area contributed by atoms with Crippen molar-refractivity contribution in [3.8, 4) is 0 Å². The van der Waals surface area contributed by atoms with Gasteiger partial charge in [-0.05, 0) is 49.8 Å². The third-order valence-corrected chi connectivity index (χ3v) is 4.60. The molecule has 0 spiro atoms. The summed E-state index contributed by atoms with van der Waals surface area (Å²) in [4.78, 5) is 27.2. The van der Waals surface area contributed by atoms with Gasteiger partial charge in [0.15, 0.2) is 0 Å². The summed E-state index contributed by atoms with van der Waals surface area (Å²) in [5.41, 5.74) is 2.77. The maximum Gasteiger partial charge on any atom is 0.340 e. The zero-order chi connectivity index (χ0) is 18.7. The van der Waals surface area contributed by atoms with Crippen molar-refractivity contribution in [3.63, 3.8) is 0 Å². The predicted octanol–water partition coefficient (Wildman–Crippen LogP) is 4.72. The molecule has 0 radical (unpaired) electrons. The van der Waals surface area contributed by atoms with Gasteiger partial charge in [0.25, 0.3) is 5.91 Å². The van der Waals surface area contributed by atoms with Crippen LogP contribution in [0.5, 0.6) is 0 Å². The smallest absolute Gasteiger partial charge is 0.340 e. The Balaban J connectivity index is 2.11. The molecular formula is C21H18BrNO3. The number of hydrogen-bond acceptors (Lipinski definition) is 3. The Hall–Kier alpha value is -2.66. The summed E-state index contributed by atoms with van der Waals surface area (Å²) in [6, 6.07) is 16.8. The molecule has 1 aliphatic rings. The maximum atomic E-state index is 13.1. The van der Waals surface area contributed by atoms with E-state index in [-0.39, 0.29) is 12.5 Å². The van der Waals surface area contributed by atoms with Gasteiger partial charge in [0, 0.05) is 15.9 Å². The van der Waals surface area contributed by atoms with Crippen LogP contribution in [0.15, 0.2) is 75.9 Å². The lowest BCUT2D eigenvalue weighted by atomic mass is 10.0. The molecule has 1 heterocycles. The first-order chi connectivity index (χ1) is 12.5. The molecule has 0 aliphatic carbocycles. The van der Waals surface area contributed by atoms with Gasteiger partial charge in [0.2, 0.25) is 0 Å². The number of nitrogens with zero attached hydrogens (tertiary/aromatic N) is 1. The molecule has 2 aromatic rings. The van der Waals surface area contributed by atoms with Crippen LogP contribution in [0.25, 0.3) is 6.08 Å². The number of ether oxygens (including phenoxy) is 1. The van der Waals surface area contributed by atoms with Gasteiger partial charge >= 0.3 is 5.97 Å². The molecule has 0 atom stereocenters. The molecule has 26 heavy (non-hydrogen) atoms. The van der Waals surface area contributed by atoms with Crippen molar-refractivity contribution in [2.24, 2.45) is 0 Å². The first-order valence-electron chi connectivity index (χ1n) is 8.28. The summed E-state index contributed by atoms with van der Waals surface area (Å²) in [5.74, 6) is -0.722. The van der Waals surface area contributed by atoms with E-state index in [0.717, 1.165) is 15.7 Å². The van der Waals surface area contributed by atoms with Gasteiger partial charge in [-0.2, -0.15) is 0 Å². The van der Waals surface area contributed by atoms with Crippen molar-refractivity contribution in [1.29, 1.82) is 0 Å². The Morgan fingerprint density at radius 3 is 2.38 bits per heavy atom. The van der Waals surface area contributed by atoms with E-state index in [4.69, 9.17) is 4.74 Å². The van der Waals surface area contributed by atoms with Gasteiger partial charge in [0.05, 0.1) is 17.8 Å². The highest BCUT2D eigenvalue weighted by atomic mass is 79.9. The van der Waals surface area contributed by atoms with E-state index < -0.39 is 5.97 Å². The minimum atomic E-state index is -0.486. The maximum absolute atomic E-state index is 13.1. The average molecular weight is 412 g/mol. The molecule has 0 saturated heterocycles. The summed E-state index contributed by atoms with van der Waals surface area (Å²) in [7, 11) is 0. The second kappa shape index (κ2) is 7.70. The summed E-state index contributed by atoms with van der Waals surface area (Å²) in [6.07, 6.45) is 1.73. The quantitative estimate of drug-likeness (QED) is 0.540. The van der Waals surface area contributed by atoms with Crippen molar-refractivity contribution in [2.45, 2.75) is 13.8 Å². The monoisotopic (exact) mass is 411 g/mol. The molecule has 1 amide bonds. The van der Waals surface area contributed by atoms with E-state index in [1.54, 1.807) is 24.8 Å². The molecule has 2 aromatic carbocycles. The fraction of sp³-hybridized carbons (Fsp3) is 0.143. The van der Waals surface area contributed by atoms with Crippen LogP contribution in [0.1, 0.15) is 19.4 Å². The Morgan fingerprint density at radius 1 is 1.12 bits per heavy atom. The third-order valence-electron chi connectivity index (χ3n) is 4.08. The van der Waals surface area contributed by atoms with Crippen LogP contribution in [0.4, 0.5) is 5.69 Å². The van der Waals surface area contributed by atoms with Crippen molar-refractivity contribution >= 4 is 39.6 Å². The van der Waals surface area contributed by atoms with E-state index in [2.05, 4.69) is 15.9 Å². The zero-order valence-corrected chi connectivity index (χ0v) is 16.1. The number of anilines is 1. The average Bonchev–Trinajstić information content (AvgIpc) is 2.88. The molecule has 0 bridgehead atoms. The molecular weight excluding hydrogens is 394 g/mol. The molecule has 1 aliphatic heterocycles. The Kier molecular flexibility index (Phi) is 5.38. The van der Waals surface area contributed by atoms with Crippen LogP contribution in [-0.2, 0) is 14.3 Å². The highest BCUT2D eigenvalue weighted by Gasteiger charge is 2.37. The number of carbonyl (C=O) groups is 2. The normalized spacial score (nSPS) is 15.7. The van der Waals surface area contributed by atoms with E-state index in [1.165, 1.54) is 0 Å². The van der Waals surface area contributed by atoms with Crippen LogP contribution in [0.3, 0.4) is 0 Å². The lowest BCUT2D eigenvalue weighted by Crippen LogP contribution is -2.24. The number of esters is 1. The van der Waals surface area contributed by atoms with Crippen molar-refractivity contribution < 1.29 is 14.3 Å². The molecule has 0 saturated carbocycles. The first kappa shape index (κ1) is 18.1. The number of amides is 1. The van der Waals surface area contributed by atoms with Gasteiger partial charge < -0.3 is 4.74 Å². The van der Waals surface area contributed by atoms with Crippen molar-refractivity contribution in [1.82, 2.24) is 0 Å². The fourth-order valence-electron chi connectivity index (χ4n) is 2.89. The topological polar surface area (TPSA) is 46.6 Å². The largest absolute Gasteiger partial charge is 0.462 e. The van der Waals surface area contributed by atoms with E-state index in [9.17, 15) is 9.59 Å². The molecule has 132 valence electrons. The standard InChI is InChI=1S/C21H18BrNO3/c1-3-26-21(25)19-14(2)23(17-7-5-4-6-8-17)20(24)18(19)13-15-9-11-16(22)12-10-15/h4-13H,3H2,1-2H3/b18-13-. The van der Waals surface area contributed by atoms with Crippen LogP contribution < -0.4 is 4.90 Å². The number of carbonyl (C=O) groups excluding carboxylic acids is 2. The van der Waals surface area contributed by atoms with Crippen LogP contribution >= 0.6 is 15.9 Å². The number of benzene rings is 2. The van der Waals surface area contributed by atoms with E-state index in [0.29, 0.717) is 16.8 Å². The second-order valence-electron chi connectivity index (χ2n) is 5.77. The third kappa shape index (κ3) is 3.48. The SMILES string of the molecule is CCOC(=O)C1=C(C)N(c2ccccc2)C(=O)/C1=C\c1ccc(Br)cc1. The Bertz CT molecular complexity index is 899. The van der Waals surface area contributed by atoms with Gasteiger partial charge in [-0.1, -0.05) is 46.3 Å². The van der Waals surface area contributed by atoms with E-state index >= 15 is 0 Å². The lowest BCUT2D eigenvalue weighted by molar-refractivity contribution is -0.138. The highest BCUT2D eigenvalue weighted by Crippen LogP contribution is 2.35. The molecule has 0 fully saturated rings. The van der Waals surface area contributed by atoms with Crippen molar-refractivity contribution in [3.05, 3.63) is 81.5 Å². The van der Waals surface area contributed by atoms with Crippen LogP contribution in [0.2, 0.25) is 0 Å². The second-order valence-corrected chi connectivity index (χ2v) is 6.68. The summed E-state index contributed by atoms with van der Waals surface area (Å²) < 4.78 is 6.14. The molecule has 0 aromatic heterocycles. The number of para-hydroxylation sites is 1. The van der Waals surface area contributed by atoms with Gasteiger partial charge in [-0.3, -0.25) is 9.69 Å². The van der Waals surface area contributed by atoms with Gasteiger partial charge in [-0.25, -0.2) is 4.79 Å². The summed E-state index contributed by atoms with van der Waals surface area (Å²) in [5, 5.41) is 0. The minimum Gasteiger partial charge on any atom is -0.462 e. The summed E-state index contributed by atoms with van der Waals surface area (Å²) in [6.45, 7) is 3.76. The van der Waals surface area contributed by atoms with Crippen LogP contribution in [-0.4, -0.2) is 18.5 Å². The molecule has 3 rings (SSSR count). The molecule has 0 unspecified atom stereocenters. The number of halogens is 1. The number of rotatable bonds is 4. The van der Waals surface area contributed by atoms with Crippen LogP contribution in [0, 0.1) is 0 Å². The fourth-order valence-corrected chi connectivity index (χ4v) is 3.16. The number of hydrogen-bond donors (Lipinski definition) is 0. The first-order valence-corrected chi connectivity index (χ1v) is 9.07. The zero-order valence-electron chi connectivity index (χ0n) is 14.5. The lowest BCUT2D eigenvalue weighted by Gasteiger charge is -2.17. The predicted molar refractivity (Wildman–Crippen MR) is 105 cm³/mol. The van der Waals surface area contributed by atoms with Gasteiger partial charge in [-0.15, -0.1) is 0 Å². The van der Waals surface area contributed by atoms with Gasteiger partial charge in [0.1, 0.15) is 0 Å². The molecule has 4 nitrogen and oxygen atoms in total. The Morgan fingerprint density at radius 2 is 1.77 bits per heavy atom. The molecule has 0 N–H and O–H groups in total. The summed E-state index contributed by atoms with van der Waals surface area (Å²) >= 11 is 3.40. The minimum absolute atomic E-state index is 0.236. The molecule has 5 heteroatoms. The number of allylic oxidation sites excluding steroid dienone is 1. The van der Waals surface area contributed by atoms with Crippen molar-refractivity contribution in [2.75, 3.05) is 11.5 Å². The highest BCUT2D eigenvalue weighted by molar-refractivity contribution is 9.10. The van der Waals surface area contributed by atoms with E-state index in [1.807, 2.05) is 54.6 Å². The Labute approximate surface area is 160 Å².